The molecule has 3 N–H and O–H groups in total. The van der Waals surface area contributed by atoms with Crippen LogP contribution in [0.3, 0.4) is 0 Å². The van der Waals surface area contributed by atoms with Gasteiger partial charge in [-0.1, -0.05) is 0 Å². The molecule has 0 bridgehead atoms. The summed E-state index contributed by atoms with van der Waals surface area (Å²) in [4.78, 5) is 11.0. The summed E-state index contributed by atoms with van der Waals surface area (Å²) in [6.45, 7) is 0.186. The molecule has 1 heterocycles. The molecule has 2 atom stereocenters. The Balaban J connectivity index is 2.55. The summed E-state index contributed by atoms with van der Waals surface area (Å²) in [5.74, 6) is -2.53. The number of aliphatic hydroxyl groups is 1. The Morgan fingerprint density at radius 1 is 1.83 bits per heavy atom. The Morgan fingerprint density at radius 3 is 2.92 bits per heavy atom. The topological polar surface area (TPSA) is 81.8 Å². The lowest BCUT2D eigenvalue weighted by molar-refractivity contribution is -0.240. The van der Waals surface area contributed by atoms with Gasteiger partial charge in [-0.3, -0.25) is 0 Å². The van der Waals surface area contributed by atoms with E-state index >= 15 is 0 Å². The molecule has 0 aromatic carbocycles. The second kappa shape index (κ2) is 3.38. The van der Waals surface area contributed by atoms with Gasteiger partial charge < -0.3 is 20.3 Å². The Labute approximate surface area is 70.4 Å². The maximum atomic E-state index is 11.0. The van der Waals surface area contributed by atoms with Gasteiger partial charge in [0.25, 0.3) is 5.79 Å². The third-order valence-corrected chi connectivity index (χ3v) is 1.89. The van der Waals surface area contributed by atoms with E-state index in [1.807, 2.05) is 0 Å². The summed E-state index contributed by atoms with van der Waals surface area (Å²) in [7, 11) is 1.21. The molecule has 0 saturated carbocycles. The second-order valence-corrected chi connectivity index (χ2v) is 2.89. The highest BCUT2D eigenvalue weighted by atomic mass is 16.7. The minimum absolute atomic E-state index is 0.102. The normalized spacial score (nSPS) is 36.1. The van der Waals surface area contributed by atoms with Crippen molar-refractivity contribution in [3.63, 3.8) is 0 Å². The summed E-state index contributed by atoms with van der Waals surface area (Å²) in [6, 6.07) is -0.102. The summed E-state index contributed by atoms with van der Waals surface area (Å²) >= 11 is 0. The predicted molar refractivity (Wildman–Crippen MR) is 40.1 cm³/mol. The number of hydrogen-bond acceptors (Lipinski definition) is 5. The van der Waals surface area contributed by atoms with Crippen LogP contribution in [0.4, 0.5) is 0 Å². The molecule has 1 rings (SSSR count). The van der Waals surface area contributed by atoms with Crippen molar-refractivity contribution >= 4 is 5.97 Å². The van der Waals surface area contributed by atoms with E-state index in [2.05, 4.69) is 4.74 Å². The van der Waals surface area contributed by atoms with Gasteiger partial charge in [-0.15, -0.1) is 0 Å². The molecule has 0 aliphatic carbocycles. The maximum Gasteiger partial charge on any atom is 0.366 e. The number of hydrogen-bond donors (Lipinski definition) is 2. The van der Waals surface area contributed by atoms with Crippen molar-refractivity contribution in [1.29, 1.82) is 0 Å². The van der Waals surface area contributed by atoms with E-state index in [9.17, 15) is 9.90 Å². The quantitative estimate of drug-likeness (QED) is 0.499. The monoisotopic (exact) mass is 175 g/mol. The SMILES string of the molecule is COC(=O)C1(O)CC[C@@H](N)CO1. The third kappa shape index (κ3) is 1.74. The average molecular weight is 175 g/mol. The molecule has 1 saturated heterocycles. The molecule has 1 fully saturated rings. The van der Waals surface area contributed by atoms with E-state index in [-0.39, 0.29) is 19.1 Å². The number of esters is 1. The Hall–Kier alpha value is -0.650. The fourth-order valence-corrected chi connectivity index (χ4v) is 1.10. The number of carbonyl (C=O) groups is 1. The number of rotatable bonds is 1. The molecule has 0 radical (unpaired) electrons. The largest absolute Gasteiger partial charge is 0.465 e. The van der Waals surface area contributed by atoms with Crippen molar-refractivity contribution in [3.05, 3.63) is 0 Å². The Bertz CT molecular complexity index is 174. The smallest absolute Gasteiger partial charge is 0.366 e. The zero-order valence-electron chi connectivity index (χ0n) is 6.95. The maximum absolute atomic E-state index is 11.0. The molecular formula is C7H13NO4. The van der Waals surface area contributed by atoms with Crippen molar-refractivity contribution in [2.24, 2.45) is 5.73 Å². The van der Waals surface area contributed by atoms with Gasteiger partial charge in [0.1, 0.15) is 0 Å². The van der Waals surface area contributed by atoms with Gasteiger partial charge in [0, 0.05) is 12.5 Å². The van der Waals surface area contributed by atoms with Crippen LogP contribution in [0.5, 0.6) is 0 Å². The second-order valence-electron chi connectivity index (χ2n) is 2.89. The molecule has 1 aliphatic rings. The molecule has 5 heteroatoms. The number of nitrogens with two attached hydrogens (primary N) is 1. The first kappa shape index (κ1) is 9.44. The Kier molecular flexibility index (Phi) is 2.66. The first-order valence-electron chi connectivity index (χ1n) is 3.79. The van der Waals surface area contributed by atoms with Crippen molar-refractivity contribution in [3.8, 4) is 0 Å². The molecule has 0 spiro atoms. The van der Waals surface area contributed by atoms with Crippen LogP contribution in [-0.2, 0) is 14.3 Å². The minimum Gasteiger partial charge on any atom is -0.465 e. The van der Waals surface area contributed by atoms with Crippen LogP contribution in [-0.4, -0.2) is 36.6 Å². The average Bonchev–Trinajstić information content (AvgIpc) is 2.09. The van der Waals surface area contributed by atoms with E-state index in [1.165, 1.54) is 7.11 Å². The highest BCUT2D eigenvalue weighted by Crippen LogP contribution is 2.22. The van der Waals surface area contributed by atoms with Gasteiger partial charge in [0.2, 0.25) is 0 Å². The molecule has 1 aliphatic heterocycles. The minimum atomic E-state index is -1.77. The number of carbonyl (C=O) groups excluding carboxylic acids is 1. The van der Waals surface area contributed by atoms with Crippen LogP contribution in [0.25, 0.3) is 0 Å². The standard InChI is InChI=1S/C7H13NO4/c1-11-6(9)7(10)3-2-5(8)4-12-7/h5,10H,2-4,8H2,1H3/t5-,7?/m1/s1. The molecule has 0 aromatic heterocycles. The zero-order valence-corrected chi connectivity index (χ0v) is 6.95. The lowest BCUT2D eigenvalue weighted by atomic mass is 10.0. The first-order valence-corrected chi connectivity index (χ1v) is 3.79. The van der Waals surface area contributed by atoms with Crippen LogP contribution >= 0.6 is 0 Å². The highest BCUT2D eigenvalue weighted by Gasteiger charge is 2.41. The lowest BCUT2D eigenvalue weighted by Gasteiger charge is -2.31. The van der Waals surface area contributed by atoms with E-state index < -0.39 is 11.8 Å². The molecule has 12 heavy (non-hydrogen) atoms. The first-order chi connectivity index (χ1) is 5.58. The summed E-state index contributed by atoms with van der Waals surface area (Å²) in [6.07, 6.45) is 0.756. The fraction of sp³-hybridized carbons (Fsp3) is 0.857. The lowest BCUT2D eigenvalue weighted by Crippen LogP contribution is -2.50. The molecular weight excluding hydrogens is 162 g/mol. The van der Waals surface area contributed by atoms with Crippen LogP contribution in [0, 0.1) is 0 Å². The summed E-state index contributed by atoms with van der Waals surface area (Å²) in [5, 5.41) is 9.51. The van der Waals surface area contributed by atoms with E-state index in [0.717, 1.165) is 0 Å². The molecule has 5 nitrogen and oxygen atoms in total. The van der Waals surface area contributed by atoms with Gasteiger partial charge in [-0.25, -0.2) is 4.79 Å². The van der Waals surface area contributed by atoms with Crippen molar-refractivity contribution < 1.29 is 19.4 Å². The van der Waals surface area contributed by atoms with Crippen molar-refractivity contribution in [2.45, 2.75) is 24.7 Å². The van der Waals surface area contributed by atoms with Crippen LogP contribution in [0.1, 0.15) is 12.8 Å². The van der Waals surface area contributed by atoms with E-state index in [1.54, 1.807) is 0 Å². The molecule has 1 unspecified atom stereocenters. The van der Waals surface area contributed by atoms with Gasteiger partial charge in [0.15, 0.2) is 0 Å². The highest BCUT2D eigenvalue weighted by molar-refractivity contribution is 5.77. The van der Waals surface area contributed by atoms with Gasteiger partial charge in [-0.2, -0.15) is 0 Å². The third-order valence-electron chi connectivity index (χ3n) is 1.89. The predicted octanol–water partition coefficient (Wildman–Crippen LogP) is -1.01. The molecule has 0 aromatic rings. The van der Waals surface area contributed by atoms with Crippen LogP contribution in [0.15, 0.2) is 0 Å². The summed E-state index contributed by atoms with van der Waals surface area (Å²) < 4.78 is 9.26. The zero-order chi connectivity index (χ0) is 9.19. The number of methoxy groups -OCH3 is 1. The van der Waals surface area contributed by atoms with Crippen LogP contribution in [0.2, 0.25) is 0 Å². The molecule has 0 amide bonds. The van der Waals surface area contributed by atoms with Crippen LogP contribution < -0.4 is 5.73 Å². The van der Waals surface area contributed by atoms with Gasteiger partial charge in [0.05, 0.1) is 13.7 Å². The van der Waals surface area contributed by atoms with Gasteiger partial charge >= 0.3 is 5.97 Å². The fourth-order valence-electron chi connectivity index (χ4n) is 1.10. The summed E-state index contributed by atoms with van der Waals surface area (Å²) in [5.41, 5.74) is 5.51. The van der Waals surface area contributed by atoms with E-state index in [0.29, 0.717) is 6.42 Å². The van der Waals surface area contributed by atoms with Gasteiger partial charge in [-0.05, 0) is 6.42 Å². The van der Waals surface area contributed by atoms with E-state index in [4.69, 9.17) is 10.5 Å². The van der Waals surface area contributed by atoms with Crippen molar-refractivity contribution in [1.82, 2.24) is 0 Å². The number of ether oxygens (including phenoxy) is 2. The Morgan fingerprint density at radius 2 is 2.50 bits per heavy atom. The van der Waals surface area contributed by atoms with Crippen molar-refractivity contribution in [2.75, 3.05) is 13.7 Å². The molecule has 70 valence electrons.